The third kappa shape index (κ3) is 3.13. The highest BCUT2D eigenvalue weighted by Crippen LogP contribution is 2.32. The molecule has 1 N–H and O–H groups in total. The van der Waals surface area contributed by atoms with Gasteiger partial charge in [-0.1, -0.05) is 18.6 Å². The monoisotopic (exact) mass is 280 g/mol. The molecule has 108 valence electrons. The van der Waals surface area contributed by atoms with Crippen molar-refractivity contribution in [1.29, 1.82) is 0 Å². The Hall–Kier alpha value is -2.16. The van der Waals surface area contributed by atoms with Crippen molar-refractivity contribution < 1.29 is 4.79 Å². The Bertz CT molecular complexity index is 664. The maximum Gasteiger partial charge on any atom is 0.224 e. The summed E-state index contributed by atoms with van der Waals surface area (Å²) >= 11 is 0. The first-order valence-corrected chi connectivity index (χ1v) is 7.59. The molecule has 2 bridgehead atoms. The van der Waals surface area contributed by atoms with E-state index < -0.39 is 0 Å². The molecular weight excluding hydrogens is 260 g/mol. The summed E-state index contributed by atoms with van der Waals surface area (Å²) in [7, 11) is 0. The minimum atomic E-state index is 0.108. The van der Waals surface area contributed by atoms with Gasteiger partial charge in [0.25, 0.3) is 0 Å². The number of pyridine rings is 1. The van der Waals surface area contributed by atoms with E-state index in [1.54, 1.807) is 0 Å². The first-order chi connectivity index (χ1) is 10.2. The lowest BCUT2D eigenvalue weighted by Gasteiger charge is -2.15. The molecular formula is C18H20N2O. The second-order valence-electron chi connectivity index (χ2n) is 5.64. The molecule has 0 spiro atoms. The second-order valence-corrected chi connectivity index (χ2v) is 5.64. The number of fused-ring (bicyclic) bond motifs is 4. The molecule has 2 aromatic rings. The molecule has 3 nitrogen and oxygen atoms in total. The number of benzene rings is 1. The SMILES string of the molecule is Cc1cccc2c1-c1ccnc(c1)CCCCCC(=O)N2. The van der Waals surface area contributed by atoms with Crippen molar-refractivity contribution in [1.82, 2.24) is 4.98 Å². The van der Waals surface area contributed by atoms with E-state index in [0.29, 0.717) is 6.42 Å². The van der Waals surface area contributed by atoms with Crippen LogP contribution in [-0.2, 0) is 11.2 Å². The maximum atomic E-state index is 12.1. The highest BCUT2D eigenvalue weighted by atomic mass is 16.1. The largest absolute Gasteiger partial charge is 0.326 e. The van der Waals surface area contributed by atoms with Crippen LogP contribution in [0.3, 0.4) is 0 Å². The van der Waals surface area contributed by atoms with Crippen LogP contribution in [0.4, 0.5) is 5.69 Å². The molecule has 0 atom stereocenters. The standard InChI is InChI=1S/C18H20N2O/c1-13-6-5-8-16-18(13)14-10-11-19-15(12-14)7-3-2-4-9-17(21)20-16/h5-6,8,10-12H,2-4,7,9H2,1H3,(H,20,21). The molecule has 2 heterocycles. The van der Waals surface area contributed by atoms with Crippen molar-refractivity contribution in [3.63, 3.8) is 0 Å². The fraction of sp³-hybridized carbons (Fsp3) is 0.333. The van der Waals surface area contributed by atoms with Gasteiger partial charge in [0.2, 0.25) is 5.91 Å². The van der Waals surface area contributed by atoms with Crippen LogP contribution in [0.25, 0.3) is 11.1 Å². The van der Waals surface area contributed by atoms with E-state index in [0.717, 1.165) is 48.2 Å². The lowest BCUT2D eigenvalue weighted by Crippen LogP contribution is -2.12. The maximum absolute atomic E-state index is 12.1. The van der Waals surface area contributed by atoms with Crippen LogP contribution in [0.5, 0.6) is 0 Å². The molecule has 1 aliphatic heterocycles. The van der Waals surface area contributed by atoms with Gasteiger partial charge in [-0.05, 0) is 55.5 Å². The minimum absolute atomic E-state index is 0.108. The van der Waals surface area contributed by atoms with E-state index in [1.165, 1.54) is 5.56 Å². The summed E-state index contributed by atoms with van der Waals surface area (Å²) in [6.45, 7) is 2.08. The Kier molecular flexibility index (Phi) is 4.00. The lowest BCUT2D eigenvalue weighted by atomic mass is 9.97. The quantitative estimate of drug-likeness (QED) is 0.789. The predicted molar refractivity (Wildman–Crippen MR) is 85.2 cm³/mol. The third-order valence-electron chi connectivity index (χ3n) is 3.99. The molecule has 1 aliphatic rings. The van der Waals surface area contributed by atoms with Crippen molar-refractivity contribution in [2.45, 2.75) is 39.0 Å². The Morgan fingerprint density at radius 1 is 1.10 bits per heavy atom. The molecule has 0 saturated carbocycles. The fourth-order valence-corrected chi connectivity index (χ4v) is 2.91. The van der Waals surface area contributed by atoms with Gasteiger partial charge >= 0.3 is 0 Å². The molecule has 1 aromatic carbocycles. The molecule has 0 fully saturated rings. The highest BCUT2D eigenvalue weighted by Gasteiger charge is 2.12. The van der Waals surface area contributed by atoms with Crippen LogP contribution in [0, 0.1) is 6.92 Å². The van der Waals surface area contributed by atoms with Crippen LogP contribution >= 0.6 is 0 Å². The van der Waals surface area contributed by atoms with Crippen LogP contribution in [0.15, 0.2) is 36.5 Å². The number of anilines is 1. The molecule has 0 saturated heterocycles. The topological polar surface area (TPSA) is 42.0 Å². The predicted octanol–water partition coefficient (Wildman–Crippen LogP) is 4.11. The number of carbonyl (C=O) groups is 1. The van der Waals surface area contributed by atoms with E-state index in [-0.39, 0.29) is 5.91 Å². The second kappa shape index (κ2) is 6.08. The van der Waals surface area contributed by atoms with Crippen molar-refractivity contribution in [2.75, 3.05) is 5.32 Å². The summed E-state index contributed by atoms with van der Waals surface area (Å²) in [5.41, 5.74) is 5.44. The van der Waals surface area contributed by atoms with Crippen LogP contribution < -0.4 is 5.32 Å². The Labute approximate surface area is 125 Å². The number of rotatable bonds is 0. The molecule has 3 heteroatoms. The molecule has 21 heavy (non-hydrogen) atoms. The number of amides is 1. The summed E-state index contributed by atoms with van der Waals surface area (Å²) in [5, 5.41) is 3.07. The van der Waals surface area contributed by atoms with Gasteiger partial charge in [-0.15, -0.1) is 0 Å². The summed E-state index contributed by atoms with van der Waals surface area (Å²) in [4.78, 5) is 16.5. The van der Waals surface area contributed by atoms with E-state index in [4.69, 9.17) is 0 Å². The Balaban J connectivity index is 2.12. The van der Waals surface area contributed by atoms with Crippen molar-refractivity contribution in [2.24, 2.45) is 0 Å². The number of carbonyl (C=O) groups excluding carboxylic acids is 1. The van der Waals surface area contributed by atoms with Gasteiger partial charge in [0.1, 0.15) is 0 Å². The van der Waals surface area contributed by atoms with Crippen molar-refractivity contribution in [3.8, 4) is 11.1 Å². The first kappa shape index (κ1) is 13.8. The third-order valence-corrected chi connectivity index (χ3v) is 3.99. The number of aryl methyl sites for hydroxylation is 2. The molecule has 0 radical (unpaired) electrons. The van der Waals surface area contributed by atoms with E-state index in [9.17, 15) is 4.79 Å². The summed E-state index contributed by atoms with van der Waals surface area (Å²) in [6, 6.07) is 10.2. The Morgan fingerprint density at radius 2 is 1.95 bits per heavy atom. The zero-order valence-electron chi connectivity index (χ0n) is 12.4. The number of hydrogen-bond acceptors (Lipinski definition) is 2. The van der Waals surface area contributed by atoms with E-state index in [1.807, 2.05) is 24.4 Å². The summed E-state index contributed by atoms with van der Waals surface area (Å²) in [6.07, 6.45) is 6.54. The lowest BCUT2D eigenvalue weighted by molar-refractivity contribution is -0.116. The van der Waals surface area contributed by atoms with Gasteiger partial charge in [-0.25, -0.2) is 0 Å². The number of hydrogen-bond donors (Lipinski definition) is 1. The van der Waals surface area contributed by atoms with Gasteiger partial charge in [0.15, 0.2) is 0 Å². The smallest absolute Gasteiger partial charge is 0.224 e. The Morgan fingerprint density at radius 3 is 2.86 bits per heavy atom. The normalized spacial score (nSPS) is 15.4. The van der Waals surface area contributed by atoms with Crippen LogP contribution in [0.2, 0.25) is 0 Å². The number of nitrogens with zero attached hydrogens (tertiary/aromatic N) is 1. The average molecular weight is 280 g/mol. The molecule has 0 aliphatic carbocycles. The van der Waals surface area contributed by atoms with Gasteiger partial charge in [-0.3, -0.25) is 9.78 Å². The minimum Gasteiger partial charge on any atom is -0.326 e. The fourth-order valence-electron chi connectivity index (χ4n) is 2.91. The zero-order valence-corrected chi connectivity index (χ0v) is 12.4. The molecule has 1 aromatic heterocycles. The van der Waals surface area contributed by atoms with Crippen molar-refractivity contribution >= 4 is 11.6 Å². The van der Waals surface area contributed by atoms with Crippen LogP contribution in [-0.4, -0.2) is 10.9 Å². The van der Waals surface area contributed by atoms with Gasteiger partial charge in [-0.2, -0.15) is 0 Å². The van der Waals surface area contributed by atoms with Gasteiger partial charge in [0, 0.05) is 29.6 Å². The molecule has 0 unspecified atom stereocenters. The summed E-state index contributed by atoms with van der Waals surface area (Å²) < 4.78 is 0. The highest BCUT2D eigenvalue weighted by molar-refractivity contribution is 5.96. The summed E-state index contributed by atoms with van der Waals surface area (Å²) in [5.74, 6) is 0.108. The number of aromatic nitrogens is 1. The van der Waals surface area contributed by atoms with Crippen molar-refractivity contribution in [3.05, 3.63) is 47.8 Å². The van der Waals surface area contributed by atoms with Gasteiger partial charge < -0.3 is 5.32 Å². The van der Waals surface area contributed by atoms with E-state index >= 15 is 0 Å². The molecule has 1 amide bonds. The van der Waals surface area contributed by atoms with E-state index in [2.05, 4.69) is 29.4 Å². The van der Waals surface area contributed by atoms with Crippen LogP contribution in [0.1, 0.15) is 36.9 Å². The first-order valence-electron chi connectivity index (χ1n) is 7.59. The molecule has 3 rings (SSSR count). The van der Waals surface area contributed by atoms with Gasteiger partial charge in [0.05, 0.1) is 0 Å². The average Bonchev–Trinajstić information content (AvgIpc) is 2.46. The zero-order chi connectivity index (χ0) is 14.7. The number of nitrogens with one attached hydrogen (secondary N) is 1.